The summed E-state index contributed by atoms with van der Waals surface area (Å²) in [6.45, 7) is 5.78. The number of hydrogen-bond acceptors (Lipinski definition) is 6. The molecule has 0 amide bonds. The molecular formula is C24H30N2O6S. The third-order valence-corrected chi connectivity index (χ3v) is 7.67. The number of methoxy groups -OCH3 is 1. The molecule has 1 fully saturated rings. The summed E-state index contributed by atoms with van der Waals surface area (Å²) in [7, 11) is -1.81. The molecule has 2 aromatic rings. The van der Waals surface area contributed by atoms with Gasteiger partial charge in [0.15, 0.2) is 0 Å². The number of aryl methyl sites for hydroxylation is 1. The fraction of sp³-hybridized carbons (Fsp3) is 0.458. The largest absolute Gasteiger partial charge is 0.496 e. The number of benzene rings is 2. The Morgan fingerprint density at radius 2 is 2.00 bits per heavy atom. The molecule has 33 heavy (non-hydrogen) atoms. The zero-order chi connectivity index (χ0) is 23.8. The Morgan fingerprint density at radius 1 is 1.27 bits per heavy atom. The van der Waals surface area contributed by atoms with Gasteiger partial charge in [0.1, 0.15) is 5.75 Å². The summed E-state index contributed by atoms with van der Waals surface area (Å²) in [4.78, 5) is 13.6. The van der Waals surface area contributed by atoms with E-state index in [1.54, 1.807) is 19.2 Å². The standard InChI is InChI=1S/C24H30N2O6S/c1-4-32-18-9-10-26(21(12-18)16-5-7-17(8-6-16)24(27)28)13-19-20-14-33(29,30)25-23(20)15(2)11-22(19)31-3/h5-8,11,18,21,25H,4,9-10,12-14H2,1-3H3,(H,27,28)/t18-,21-/m0/s1. The maximum atomic E-state index is 12.3. The Hall–Kier alpha value is -2.62. The molecule has 0 aliphatic carbocycles. The second-order valence-electron chi connectivity index (χ2n) is 8.60. The van der Waals surface area contributed by atoms with Crippen LogP contribution >= 0.6 is 0 Å². The molecule has 0 bridgehead atoms. The monoisotopic (exact) mass is 474 g/mol. The van der Waals surface area contributed by atoms with Gasteiger partial charge >= 0.3 is 5.97 Å². The molecule has 0 radical (unpaired) electrons. The molecule has 178 valence electrons. The van der Waals surface area contributed by atoms with Crippen LogP contribution in [0.5, 0.6) is 5.75 Å². The van der Waals surface area contributed by atoms with E-state index in [9.17, 15) is 18.3 Å². The van der Waals surface area contributed by atoms with E-state index in [1.807, 2.05) is 32.0 Å². The number of carbonyl (C=O) groups is 1. The first-order valence-corrected chi connectivity index (χ1v) is 12.8. The van der Waals surface area contributed by atoms with Gasteiger partial charge in [0, 0.05) is 36.9 Å². The predicted molar refractivity (Wildman–Crippen MR) is 125 cm³/mol. The van der Waals surface area contributed by atoms with Gasteiger partial charge in [-0.05, 0) is 56.0 Å². The van der Waals surface area contributed by atoms with Gasteiger partial charge in [0.05, 0.1) is 30.2 Å². The van der Waals surface area contributed by atoms with Gasteiger partial charge in [0.25, 0.3) is 0 Å². The van der Waals surface area contributed by atoms with Crippen molar-refractivity contribution in [3.63, 3.8) is 0 Å². The topological polar surface area (TPSA) is 105 Å². The highest BCUT2D eigenvalue weighted by Gasteiger charge is 2.34. The first kappa shape index (κ1) is 23.5. The molecule has 8 nitrogen and oxygen atoms in total. The van der Waals surface area contributed by atoms with Crippen LogP contribution in [-0.2, 0) is 27.1 Å². The Kier molecular flexibility index (Phi) is 6.65. The van der Waals surface area contributed by atoms with Crippen molar-refractivity contribution in [1.82, 2.24) is 4.90 Å². The molecule has 2 aromatic carbocycles. The van der Waals surface area contributed by atoms with Gasteiger partial charge in [-0.15, -0.1) is 0 Å². The first-order chi connectivity index (χ1) is 15.7. The van der Waals surface area contributed by atoms with Crippen molar-refractivity contribution in [1.29, 1.82) is 0 Å². The molecule has 0 saturated carbocycles. The van der Waals surface area contributed by atoms with E-state index in [4.69, 9.17) is 9.47 Å². The summed E-state index contributed by atoms with van der Waals surface area (Å²) in [5.41, 5.74) is 4.38. The van der Waals surface area contributed by atoms with E-state index in [2.05, 4.69) is 9.62 Å². The van der Waals surface area contributed by atoms with Gasteiger partial charge in [-0.3, -0.25) is 9.62 Å². The average molecular weight is 475 g/mol. The number of anilines is 1. The molecular weight excluding hydrogens is 444 g/mol. The number of rotatable bonds is 7. The van der Waals surface area contributed by atoms with E-state index < -0.39 is 16.0 Å². The third kappa shape index (κ3) is 4.85. The Labute approximate surface area is 194 Å². The number of aromatic carboxylic acids is 1. The highest BCUT2D eigenvalue weighted by Crippen LogP contribution is 2.41. The third-order valence-electron chi connectivity index (χ3n) is 6.49. The number of carboxylic acids is 1. The number of likely N-dealkylation sites (tertiary alicyclic amines) is 1. The van der Waals surface area contributed by atoms with Crippen LogP contribution in [-0.4, -0.2) is 50.8 Å². The minimum Gasteiger partial charge on any atom is -0.496 e. The van der Waals surface area contributed by atoms with Crippen molar-refractivity contribution < 1.29 is 27.8 Å². The second kappa shape index (κ2) is 9.32. The van der Waals surface area contributed by atoms with Crippen molar-refractivity contribution in [2.45, 2.75) is 51.1 Å². The number of nitrogens with zero attached hydrogens (tertiary/aromatic N) is 1. The minimum atomic E-state index is -3.41. The van der Waals surface area contributed by atoms with Crippen molar-refractivity contribution in [3.05, 3.63) is 58.1 Å². The van der Waals surface area contributed by atoms with Gasteiger partial charge in [-0.1, -0.05) is 12.1 Å². The lowest BCUT2D eigenvalue weighted by Crippen LogP contribution is -2.39. The first-order valence-electron chi connectivity index (χ1n) is 11.1. The SMILES string of the molecule is CCO[C@H]1CCN(Cc2c(OC)cc(C)c3c2CS(=O)(=O)N3)[C@H](c2ccc(C(=O)O)cc2)C1. The zero-order valence-electron chi connectivity index (χ0n) is 19.1. The van der Waals surface area contributed by atoms with Crippen molar-refractivity contribution in [2.24, 2.45) is 0 Å². The minimum absolute atomic E-state index is 0.00535. The van der Waals surface area contributed by atoms with E-state index >= 15 is 0 Å². The second-order valence-corrected chi connectivity index (χ2v) is 10.3. The van der Waals surface area contributed by atoms with E-state index in [1.165, 1.54) is 0 Å². The number of ether oxygens (including phenoxy) is 2. The van der Waals surface area contributed by atoms with Crippen LogP contribution in [0.15, 0.2) is 30.3 Å². The average Bonchev–Trinajstić information content (AvgIpc) is 3.12. The summed E-state index contributed by atoms with van der Waals surface area (Å²) in [6, 6.07) is 8.86. The van der Waals surface area contributed by atoms with E-state index in [0.29, 0.717) is 24.6 Å². The molecule has 2 aliphatic rings. The Balaban J connectivity index is 1.70. The van der Waals surface area contributed by atoms with Crippen molar-refractivity contribution in [2.75, 3.05) is 25.0 Å². The number of nitrogens with one attached hydrogen (secondary N) is 1. The van der Waals surface area contributed by atoms with Crippen LogP contribution in [0.2, 0.25) is 0 Å². The van der Waals surface area contributed by atoms with Crippen LogP contribution in [0, 0.1) is 6.92 Å². The zero-order valence-corrected chi connectivity index (χ0v) is 19.9. The lowest BCUT2D eigenvalue weighted by Gasteiger charge is -2.40. The molecule has 0 aromatic heterocycles. The van der Waals surface area contributed by atoms with E-state index in [-0.39, 0.29) is 23.5 Å². The van der Waals surface area contributed by atoms with Gasteiger partial charge in [-0.2, -0.15) is 0 Å². The normalized spacial score (nSPS) is 21.9. The number of fused-ring (bicyclic) bond motifs is 1. The quantitative estimate of drug-likeness (QED) is 0.630. The predicted octanol–water partition coefficient (Wildman–Crippen LogP) is 3.70. The number of hydrogen-bond donors (Lipinski definition) is 2. The summed E-state index contributed by atoms with van der Waals surface area (Å²) < 4.78 is 38.9. The van der Waals surface area contributed by atoms with Crippen LogP contribution < -0.4 is 9.46 Å². The smallest absolute Gasteiger partial charge is 0.335 e. The fourth-order valence-corrected chi connectivity index (χ4v) is 6.25. The van der Waals surface area contributed by atoms with Crippen LogP contribution in [0.25, 0.3) is 0 Å². The fourth-order valence-electron chi connectivity index (χ4n) is 4.89. The summed E-state index contributed by atoms with van der Waals surface area (Å²) in [6.07, 6.45) is 1.75. The molecule has 2 N–H and O–H groups in total. The van der Waals surface area contributed by atoms with Crippen LogP contribution in [0.4, 0.5) is 5.69 Å². The summed E-state index contributed by atoms with van der Waals surface area (Å²) >= 11 is 0. The number of sulfonamides is 1. The molecule has 2 heterocycles. The molecule has 4 rings (SSSR count). The maximum absolute atomic E-state index is 12.3. The maximum Gasteiger partial charge on any atom is 0.335 e. The number of piperidine rings is 1. The molecule has 0 unspecified atom stereocenters. The Morgan fingerprint density at radius 3 is 2.64 bits per heavy atom. The van der Waals surface area contributed by atoms with Gasteiger partial charge in [0.2, 0.25) is 10.0 Å². The highest BCUT2D eigenvalue weighted by atomic mass is 32.2. The lowest BCUT2D eigenvalue weighted by atomic mass is 9.91. The van der Waals surface area contributed by atoms with Crippen molar-refractivity contribution in [3.8, 4) is 5.75 Å². The molecule has 1 saturated heterocycles. The lowest BCUT2D eigenvalue weighted by molar-refractivity contribution is -0.0140. The van der Waals surface area contributed by atoms with Crippen LogP contribution in [0.3, 0.4) is 0 Å². The van der Waals surface area contributed by atoms with Gasteiger partial charge < -0.3 is 14.6 Å². The molecule has 0 spiro atoms. The van der Waals surface area contributed by atoms with Crippen LogP contribution in [0.1, 0.15) is 58.4 Å². The summed E-state index contributed by atoms with van der Waals surface area (Å²) in [5.74, 6) is -0.344. The highest BCUT2D eigenvalue weighted by molar-refractivity contribution is 7.92. The summed E-state index contributed by atoms with van der Waals surface area (Å²) in [5, 5.41) is 9.26. The van der Waals surface area contributed by atoms with Crippen molar-refractivity contribution >= 4 is 21.7 Å². The van der Waals surface area contributed by atoms with E-state index in [0.717, 1.165) is 41.6 Å². The molecule has 2 atom stereocenters. The number of carboxylic acid groups (broad SMARTS) is 1. The Bertz CT molecular complexity index is 1150. The van der Waals surface area contributed by atoms with Gasteiger partial charge in [-0.25, -0.2) is 13.2 Å². The molecule has 9 heteroatoms. The molecule has 2 aliphatic heterocycles.